The third-order valence-electron chi connectivity index (χ3n) is 9.92. The number of amides is 4. The predicted octanol–water partition coefficient (Wildman–Crippen LogP) is -1.47. The van der Waals surface area contributed by atoms with Crippen molar-refractivity contribution in [2.45, 2.75) is 44.7 Å². The van der Waals surface area contributed by atoms with Crippen LogP contribution < -0.4 is 26.0 Å². The summed E-state index contributed by atoms with van der Waals surface area (Å²) in [7, 11) is 0. The van der Waals surface area contributed by atoms with Crippen LogP contribution in [0.4, 0.5) is 0 Å². The summed E-state index contributed by atoms with van der Waals surface area (Å²) < 4.78 is 5.63. The Kier molecular flexibility index (Phi) is 22.6. The molecule has 0 radical (unpaired) electrons. The highest BCUT2D eigenvalue weighted by atomic mass is 16.5. The van der Waals surface area contributed by atoms with Gasteiger partial charge in [0.1, 0.15) is 24.1 Å². The Labute approximate surface area is 360 Å². The first-order valence-electron chi connectivity index (χ1n) is 20.6. The second kappa shape index (κ2) is 27.8. The molecule has 2 aromatic rings. The molecule has 1 aliphatic heterocycles. The molecule has 4 amide bonds. The lowest BCUT2D eigenvalue weighted by Gasteiger charge is -2.32. The summed E-state index contributed by atoms with van der Waals surface area (Å²) in [6, 6.07) is 13.4. The maximum absolute atomic E-state index is 13.0. The van der Waals surface area contributed by atoms with Crippen LogP contribution in [0.15, 0.2) is 54.6 Å². The molecule has 1 heterocycles. The van der Waals surface area contributed by atoms with Crippen LogP contribution in [0.3, 0.4) is 0 Å². The van der Waals surface area contributed by atoms with E-state index >= 15 is 0 Å². The molecule has 1 fully saturated rings. The number of nitrogens with zero attached hydrogens (tertiary/aromatic N) is 4. The summed E-state index contributed by atoms with van der Waals surface area (Å²) in [4.78, 5) is 105. The van der Waals surface area contributed by atoms with E-state index in [2.05, 4.69) is 21.3 Å². The minimum absolute atomic E-state index is 0.107. The lowest BCUT2D eigenvalue weighted by Crippen LogP contribution is -2.50. The number of carbonyl (C=O) groups excluding carboxylic acids is 5. The minimum Gasteiger partial charge on any atom is -0.484 e. The number of carboxylic acid groups (broad SMARTS) is 3. The van der Waals surface area contributed by atoms with Crippen LogP contribution in [0.25, 0.3) is 0 Å². The molecular formula is C42H60N8O12. The van der Waals surface area contributed by atoms with Crippen molar-refractivity contribution in [2.75, 3.05) is 98.2 Å². The van der Waals surface area contributed by atoms with Crippen LogP contribution in [-0.4, -0.2) is 193 Å². The quantitative estimate of drug-likeness (QED) is 0.0469. The van der Waals surface area contributed by atoms with Crippen molar-refractivity contribution < 1.29 is 58.4 Å². The number of hydrogen-bond donors (Lipinski definition) is 7. The van der Waals surface area contributed by atoms with Crippen LogP contribution in [-0.2, 0) is 51.2 Å². The van der Waals surface area contributed by atoms with Crippen molar-refractivity contribution in [3.63, 3.8) is 0 Å². The molecule has 2 unspecified atom stereocenters. The molecule has 62 heavy (non-hydrogen) atoms. The number of ether oxygens (including phenoxy) is 1. The molecule has 0 aromatic heterocycles. The Balaban J connectivity index is 1.52. The largest absolute Gasteiger partial charge is 0.484 e. The molecule has 1 aliphatic rings. The maximum Gasteiger partial charge on any atom is 0.326 e. The second-order valence-corrected chi connectivity index (χ2v) is 14.9. The first-order chi connectivity index (χ1) is 29.7. The third kappa shape index (κ3) is 20.5. The van der Waals surface area contributed by atoms with E-state index in [1.54, 1.807) is 39.0 Å². The van der Waals surface area contributed by atoms with Gasteiger partial charge in [-0.05, 0) is 29.7 Å². The minimum atomic E-state index is -1.35. The fourth-order valence-electron chi connectivity index (χ4n) is 6.52. The fraction of sp³-hybridized carbons (Fsp3) is 0.524. The van der Waals surface area contributed by atoms with Gasteiger partial charge >= 0.3 is 17.9 Å². The first-order valence-corrected chi connectivity index (χ1v) is 20.6. The Bertz CT molecular complexity index is 1740. The number of carboxylic acids is 3. The molecule has 0 saturated carbocycles. The number of rotatable bonds is 24. The van der Waals surface area contributed by atoms with Crippen LogP contribution in [0.5, 0.6) is 5.75 Å². The fourth-order valence-corrected chi connectivity index (χ4v) is 6.52. The number of carbonyl (C=O) groups is 8. The molecule has 0 aliphatic carbocycles. The molecule has 0 bridgehead atoms. The molecular weight excluding hydrogens is 809 g/mol. The van der Waals surface area contributed by atoms with Crippen molar-refractivity contribution in [2.24, 2.45) is 0 Å². The number of nitrogens with one attached hydrogen (secondary N) is 4. The summed E-state index contributed by atoms with van der Waals surface area (Å²) in [5.74, 6) is -5.19. The lowest BCUT2D eigenvalue weighted by atomic mass is 10.1. The van der Waals surface area contributed by atoms with Crippen LogP contribution in [0.2, 0.25) is 0 Å². The summed E-state index contributed by atoms with van der Waals surface area (Å²) in [6.07, 6.45) is 2.64. The summed E-state index contributed by atoms with van der Waals surface area (Å²) >= 11 is 0. The van der Waals surface area contributed by atoms with E-state index in [1.165, 1.54) is 0 Å². The molecule has 0 spiro atoms. The van der Waals surface area contributed by atoms with Gasteiger partial charge in [-0.3, -0.25) is 48.4 Å². The Morgan fingerprint density at radius 1 is 0.645 bits per heavy atom. The van der Waals surface area contributed by atoms with E-state index < -0.39 is 54.3 Å². The SMILES string of the molecule is CCCCNC(=O)C(Cc1ccccc1)NC(=O)COc1ccc(CC(NC(=O)CNC(=O)CN2CCN(CC(=O)O)CCN(CC=O)CCN(CC(=O)O)CC2)C(=O)O)cc1. The summed E-state index contributed by atoms with van der Waals surface area (Å²) in [5, 5.41) is 39.2. The molecule has 2 aromatic carbocycles. The van der Waals surface area contributed by atoms with E-state index in [4.69, 9.17) is 4.74 Å². The van der Waals surface area contributed by atoms with Gasteiger partial charge < -0.3 is 46.1 Å². The highest BCUT2D eigenvalue weighted by Crippen LogP contribution is 2.14. The van der Waals surface area contributed by atoms with Gasteiger partial charge in [0.15, 0.2) is 6.61 Å². The molecule has 20 nitrogen and oxygen atoms in total. The van der Waals surface area contributed by atoms with Gasteiger partial charge in [-0.2, -0.15) is 0 Å². The van der Waals surface area contributed by atoms with E-state index in [-0.39, 0.29) is 71.3 Å². The highest BCUT2D eigenvalue weighted by molar-refractivity contribution is 5.89. The average molecular weight is 869 g/mol. The standard InChI is InChI=1S/C42H60N8O12/c1-2-3-13-43-41(59)34(24-31-7-5-4-6-8-31)45-38(54)30-62-33-11-9-32(10-12-33)25-35(42(60)61)46-36(52)26-44-37(53)27-48-18-20-49(28-39(55)56)16-14-47(22-23-51)15-17-50(21-19-48)29-40(57)58/h4-12,23,34-35H,2-3,13-22,24-30H2,1H3,(H,43,59)(H,44,53)(H,45,54)(H,46,52)(H,55,56)(H,57,58)(H,60,61). The van der Waals surface area contributed by atoms with Gasteiger partial charge in [0.2, 0.25) is 17.7 Å². The number of aldehydes is 1. The van der Waals surface area contributed by atoms with E-state index in [0.717, 1.165) is 24.7 Å². The van der Waals surface area contributed by atoms with E-state index in [0.29, 0.717) is 50.5 Å². The number of aliphatic carboxylic acids is 3. The normalized spacial score (nSPS) is 15.7. The van der Waals surface area contributed by atoms with Gasteiger partial charge in [-0.1, -0.05) is 55.8 Å². The highest BCUT2D eigenvalue weighted by Gasteiger charge is 2.24. The molecule has 1 saturated heterocycles. The maximum atomic E-state index is 13.0. The van der Waals surface area contributed by atoms with Crippen LogP contribution in [0.1, 0.15) is 30.9 Å². The smallest absolute Gasteiger partial charge is 0.326 e. The van der Waals surface area contributed by atoms with Gasteiger partial charge in [0.05, 0.1) is 32.7 Å². The summed E-state index contributed by atoms with van der Waals surface area (Å²) in [5.41, 5.74) is 1.41. The van der Waals surface area contributed by atoms with Crippen molar-refractivity contribution in [3.8, 4) is 5.75 Å². The van der Waals surface area contributed by atoms with Gasteiger partial charge in [-0.25, -0.2) is 4.79 Å². The molecule has 340 valence electrons. The Hall–Kier alpha value is -5.96. The van der Waals surface area contributed by atoms with Crippen LogP contribution in [0, 0.1) is 0 Å². The van der Waals surface area contributed by atoms with Gasteiger partial charge in [-0.15, -0.1) is 0 Å². The van der Waals surface area contributed by atoms with Crippen molar-refractivity contribution in [1.82, 2.24) is 40.9 Å². The summed E-state index contributed by atoms with van der Waals surface area (Å²) in [6.45, 7) is 3.36. The topological polar surface area (TPSA) is 268 Å². The predicted molar refractivity (Wildman–Crippen MR) is 225 cm³/mol. The van der Waals surface area contributed by atoms with Crippen molar-refractivity contribution in [3.05, 3.63) is 65.7 Å². The van der Waals surface area contributed by atoms with Gasteiger partial charge in [0, 0.05) is 71.7 Å². The lowest BCUT2D eigenvalue weighted by molar-refractivity contribution is -0.142. The van der Waals surface area contributed by atoms with E-state index in [9.17, 15) is 53.7 Å². The van der Waals surface area contributed by atoms with Gasteiger partial charge in [0.25, 0.3) is 5.91 Å². The zero-order valence-electron chi connectivity index (χ0n) is 35.2. The third-order valence-corrected chi connectivity index (χ3v) is 9.92. The number of benzene rings is 2. The molecule has 3 rings (SSSR count). The number of hydrogen-bond acceptors (Lipinski definition) is 13. The Morgan fingerprint density at radius 2 is 1.16 bits per heavy atom. The second-order valence-electron chi connectivity index (χ2n) is 14.9. The monoisotopic (exact) mass is 868 g/mol. The first kappa shape index (κ1) is 50.4. The zero-order chi connectivity index (χ0) is 45.3. The molecule has 7 N–H and O–H groups in total. The molecule has 2 atom stereocenters. The Morgan fingerprint density at radius 3 is 1.69 bits per heavy atom. The van der Waals surface area contributed by atoms with E-state index in [1.807, 2.05) is 42.2 Å². The average Bonchev–Trinajstić information content (AvgIpc) is 3.23. The molecule has 20 heteroatoms. The van der Waals surface area contributed by atoms with Crippen molar-refractivity contribution >= 4 is 47.8 Å². The van der Waals surface area contributed by atoms with Crippen molar-refractivity contribution in [1.29, 1.82) is 0 Å². The zero-order valence-corrected chi connectivity index (χ0v) is 35.2. The number of unbranched alkanes of at least 4 members (excludes halogenated alkanes) is 1. The van der Waals surface area contributed by atoms with Crippen LogP contribution >= 0.6 is 0 Å².